The Hall–Kier alpha value is -1.46. The summed E-state index contributed by atoms with van der Waals surface area (Å²) in [6.45, 7) is 0. The molecule has 0 saturated carbocycles. The van der Waals surface area contributed by atoms with Gasteiger partial charge in [-0.1, -0.05) is 22.0 Å². The van der Waals surface area contributed by atoms with Gasteiger partial charge in [0.2, 0.25) is 0 Å². The molecule has 1 atom stereocenters. The van der Waals surface area contributed by atoms with Crippen molar-refractivity contribution in [2.75, 3.05) is 12.8 Å². The van der Waals surface area contributed by atoms with Gasteiger partial charge >= 0.3 is 0 Å². The van der Waals surface area contributed by atoms with E-state index in [4.69, 9.17) is 5.73 Å². The Morgan fingerprint density at radius 2 is 2.21 bits per heavy atom. The molecule has 0 radical (unpaired) electrons. The first kappa shape index (κ1) is 14.0. The van der Waals surface area contributed by atoms with E-state index in [9.17, 15) is 4.39 Å². The molecule has 1 unspecified atom stereocenters. The SMILES string of the molecule is CNC(Cc1ccnc(N)c1)c1c(F)cccc1Br. The molecule has 0 bridgehead atoms. The lowest BCUT2D eigenvalue weighted by atomic mass is 9.99. The fraction of sp³-hybridized carbons (Fsp3) is 0.214. The van der Waals surface area contributed by atoms with Gasteiger partial charge in [0, 0.05) is 22.3 Å². The van der Waals surface area contributed by atoms with E-state index >= 15 is 0 Å². The fourth-order valence-corrected chi connectivity index (χ4v) is 2.67. The van der Waals surface area contributed by atoms with Crippen LogP contribution in [0.5, 0.6) is 0 Å². The van der Waals surface area contributed by atoms with Crippen LogP contribution in [0.1, 0.15) is 17.2 Å². The number of rotatable bonds is 4. The zero-order valence-corrected chi connectivity index (χ0v) is 12.1. The van der Waals surface area contributed by atoms with Crippen molar-refractivity contribution in [3.8, 4) is 0 Å². The molecule has 3 N–H and O–H groups in total. The second-order valence-corrected chi connectivity index (χ2v) is 5.12. The van der Waals surface area contributed by atoms with Crippen LogP contribution in [0.4, 0.5) is 10.2 Å². The number of hydrogen-bond donors (Lipinski definition) is 2. The van der Waals surface area contributed by atoms with Crippen LogP contribution >= 0.6 is 15.9 Å². The maximum absolute atomic E-state index is 14.0. The van der Waals surface area contributed by atoms with E-state index in [0.717, 1.165) is 10.0 Å². The summed E-state index contributed by atoms with van der Waals surface area (Å²) in [5.41, 5.74) is 7.30. The number of nitrogens with two attached hydrogens (primary N) is 1. The van der Waals surface area contributed by atoms with Gasteiger partial charge in [0.1, 0.15) is 11.6 Å². The van der Waals surface area contributed by atoms with Crippen molar-refractivity contribution in [3.05, 3.63) is 57.9 Å². The van der Waals surface area contributed by atoms with Gasteiger partial charge in [-0.15, -0.1) is 0 Å². The summed E-state index contributed by atoms with van der Waals surface area (Å²) in [5.74, 6) is 0.246. The third kappa shape index (κ3) is 3.30. The Morgan fingerprint density at radius 3 is 2.84 bits per heavy atom. The Labute approximate surface area is 120 Å². The molecule has 0 aliphatic heterocycles. The van der Waals surface area contributed by atoms with E-state index in [1.54, 1.807) is 18.3 Å². The average Bonchev–Trinajstić information content (AvgIpc) is 2.37. The summed E-state index contributed by atoms with van der Waals surface area (Å²) in [7, 11) is 1.81. The van der Waals surface area contributed by atoms with Crippen molar-refractivity contribution in [2.45, 2.75) is 12.5 Å². The highest BCUT2D eigenvalue weighted by molar-refractivity contribution is 9.10. The molecular weight excluding hydrogens is 309 g/mol. The van der Waals surface area contributed by atoms with Gasteiger partial charge in [0.25, 0.3) is 0 Å². The number of nitrogens with one attached hydrogen (secondary N) is 1. The molecule has 0 aliphatic rings. The van der Waals surface area contributed by atoms with Crippen molar-refractivity contribution >= 4 is 21.7 Å². The molecule has 1 aromatic heterocycles. The predicted molar refractivity (Wildman–Crippen MR) is 78.3 cm³/mol. The van der Waals surface area contributed by atoms with Gasteiger partial charge in [-0.2, -0.15) is 0 Å². The number of hydrogen-bond acceptors (Lipinski definition) is 3. The first-order chi connectivity index (χ1) is 9.11. The third-order valence-electron chi connectivity index (χ3n) is 2.98. The third-order valence-corrected chi connectivity index (χ3v) is 3.67. The van der Waals surface area contributed by atoms with Crippen LogP contribution in [-0.4, -0.2) is 12.0 Å². The summed E-state index contributed by atoms with van der Waals surface area (Å²) < 4.78 is 14.7. The van der Waals surface area contributed by atoms with E-state index in [0.29, 0.717) is 17.8 Å². The maximum Gasteiger partial charge on any atom is 0.129 e. The predicted octanol–water partition coefficient (Wildman–Crippen LogP) is 3.07. The first-order valence-corrected chi connectivity index (χ1v) is 6.72. The highest BCUT2D eigenvalue weighted by atomic mass is 79.9. The summed E-state index contributed by atoms with van der Waals surface area (Å²) in [5, 5.41) is 3.14. The van der Waals surface area contributed by atoms with Crippen molar-refractivity contribution in [1.82, 2.24) is 10.3 Å². The van der Waals surface area contributed by atoms with Crippen LogP contribution in [0.25, 0.3) is 0 Å². The smallest absolute Gasteiger partial charge is 0.129 e. The molecule has 0 spiro atoms. The molecule has 2 rings (SSSR count). The van der Waals surface area contributed by atoms with E-state index in [1.165, 1.54) is 6.07 Å². The molecule has 5 heteroatoms. The van der Waals surface area contributed by atoms with Gasteiger partial charge in [-0.05, 0) is 43.3 Å². The molecule has 0 fully saturated rings. The van der Waals surface area contributed by atoms with Gasteiger partial charge in [-0.25, -0.2) is 9.37 Å². The van der Waals surface area contributed by atoms with E-state index in [-0.39, 0.29) is 11.9 Å². The highest BCUT2D eigenvalue weighted by Gasteiger charge is 2.17. The van der Waals surface area contributed by atoms with Crippen LogP contribution in [0.3, 0.4) is 0 Å². The van der Waals surface area contributed by atoms with Crippen molar-refractivity contribution in [2.24, 2.45) is 0 Å². The van der Waals surface area contributed by atoms with E-state index in [1.807, 2.05) is 19.2 Å². The molecule has 19 heavy (non-hydrogen) atoms. The molecule has 1 heterocycles. The number of pyridine rings is 1. The molecule has 3 nitrogen and oxygen atoms in total. The molecule has 0 saturated heterocycles. The molecule has 100 valence electrons. The number of likely N-dealkylation sites (N-methyl/N-ethyl adjacent to an activating group) is 1. The van der Waals surface area contributed by atoms with Crippen LogP contribution < -0.4 is 11.1 Å². The molecule has 0 amide bonds. The number of aromatic nitrogens is 1. The topological polar surface area (TPSA) is 50.9 Å². The quantitative estimate of drug-likeness (QED) is 0.909. The van der Waals surface area contributed by atoms with Crippen LogP contribution in [0.15, 0.2) is 41.0 Å². The minimum atomic E-state index is -0.226. The molecular formula is C14H15BrFN3. The molecule has 1 aromatic carbocycles. The Kier molecular flexibility index (Phi) is 4.50. The fourth-order valence-electron chi connectivity index (χ4n) is 2.05. The lowest BCUT2D eigenvalue weighted by Gasteiger charge is -2.19. The van der Waals surface area contributed by atoms with Crippen LogP contribution in [0.2, 0.25) is 0 Å². The van der Waals surface area contributed by atoms with Crippen molar-refractivity contribution in [1.29, 1.82) is 0 Å². The maximum atomic E-state index is 14.0. The second-order valence-electron chi connectivity index (χ2n) is 4.27. The van der Waals surface area contributed by atoms with Crippen molar-refractivity contribution < 1.29 is 4.39 Å². The number of halogens is 2. The Morgan fingerprint density at radius 1 is 1.42 bits per heavy atom. The number of nitrogens with zero attached hydrogens (tertiary/aromatic N) is 1. The Balaban J connectivity index is 2.30. The van der Waals surface area contributed by atoms with E-state index in [2.05, 4.69) is 26.2 Å². The van der Waals surface area contributed by atoms with E-state index < -0.39 is 0 Å². The summed E-state index contributed by atoms with van der Waals surface area (Å²) in [6, 6.07) is 8.54. The lowest BCUT2D eigenvalue weighted by molar-refractivity contribution is 0.531. The van der Waals surface area contributed by atoms with Crippen LogP contribution in [-0.2, 0) is 6.42 Å². The lowest BCUT2D eigenvalue weighted by Crippen LogP contribution is -2.20. The summed E-state index contributed by atoms with van der Waals surface area (Å²) in [6.07, 6.45) is 2.30. The van der Waals surface area contributed by atoms with Crippen molar-refractivity contribution in [3.63, 3.8) is 0 Å². The minimum absolute atomic E-state index is 0.127. The normalized spacial score (nSPS) is 12.4. The van der Waals surface area contributed by atoms with Gasteiger partial charge in [-0.3, -0.25) is 0 Å². The first-order valence-electron chi connectivity index (χ1n) is 5.93. The monoisotopic (exact) mass is 323 g/mol. The zero-order chi connectivity index (χ0) is 13.8. The zero-order valence-electron chi connectivity index (χ0n) is 10.5. The number of benzene rings is 1. The van der Waals surface area contributed by atoms with Gasteiger partial charge in [0.15, 0.2) is 0 Å². The second kappa shape index (κ2) is 6.12. The molecule has 0 aliphatic carbocycles. The van der Waals surface area contributed by atoms with Gasteiger partial charge < -0.3 is 11.1 Å². The number of nitrogen functional groups attached to an aromatic ring is 1. The number of anilines is 1. The van der Waals surface area contributed by atoms with Gasteiger partial charge in [0.05, 0.1) is 0 Å². The summed E-state index contributed by atoms with van der Waals surface area (Å²) in [4.78, 5) is 3.95. The standard InChI is InChI=1S/C14H15BrFN3/c1-18-12(7-9-5-6-19-13(17)8-9)14-10(15)3-2-4-11(14)16/h2-6,8,12,18H,7H2,1H3,(H2,17,19). The minimum Gasteiger partial charge on any atom is -0.384 e. The van der Waals surface area contributed by atoms with Crippen LogP contribution in [0, 0.1) is 5.82 Å². The highest BCUT2D eigenvalue weighted by Crippen LogP contribution is 2.28. The Bertz CT molecular complexity index is 554. The largest absolute Gasteiger partial charge is 0.384 e. The summed E-state index contributed by atoms with van der Waals surface area (Å²) >= 11 is 3.40. The average molecular weight is 324 g/mol. The molecule has 2 aromatic rings.